The van der Waals surface area contributed by atoms with E-state index >= 15 is 0 Å². The van der Waals surface area contributed by atoms with Gasteiger partial charge in [-0.1, -0.05) is 42.0 Å². The van der Waals surface area contributed by atoms with Crippen LogP contribution in [0.4, 0.5) is 0 Å². The van der Waals surface area contributed by atoms with Crippen LogP contribution >= 0.6 is 0 Å². The van der Waals surface area contributed by atoms with E-state index in [1.807, 2.05) is 43.3 Å². The molecule has 6 heteroatoms. The molecular weight excluding hydrogens is 346 g/mol. The first-order valence-corrected chi connectivity index (χ1v) is 8.76. The highest BCUT2D eigenvalue weighted by Gasteiger charge is 2.18. The SMILES string of the molecule is COc1cccc2cc(C(=O)NC[C@@H](OCCO)c3ccc(C)cc3)oc12. The summed E-state index contributed by atoms with van der Waals surface area (Å²) in [7, 11) is 1.56. The third-order valence-electron chi connectivity index (χ3n) is 4.26. The van der Waals surface area contributed by atoms with E-state index in [4.69, 9.17) is 19.0 Å². The third kappa shape index (κ3) is 4.48. The summed E-state index contributed by atoms with van der Waals surface area (Å²) in [4.78, 5) is 12.5. The largest absolute Gasteiger partial charge is 0.493 e. The molecule has 0 aliphatic heterocycles. The van der Waals surface area contributed by atoms with Crippen molar-refractivity contribution in [3.8, 4) is 5.75 Å². The van der Waals surface area contributed by atoms with Gasteiger partial charge in [-0.25, -0.2) is 0 Å². The number of amides is 1. The highest BCUT2D eigenvalue weighted by Crippen LogP contribution is 2.28. The lowest BCUT2D eigenvalue weighted by Gasteiger charge is -2.18. The number of para-hydroxylation sites is 1. The number of hydrogen-bond donors (Lipinski definition) is 2. The van der Waals surface area contributed by atoms with Gasteiger partial charge in [-0.3, -0.25) is 4.79 Å². The average Bonchev–Trinajstić information content (AvgIpc) is 3.13. The maximum Gasteiger partial charge on any atom is 0.287 e. The Bertz CT molecular complexity index is 901. The number of fused-ring (bicyclic) bond motifs is 1. The zero-order chi connectivity index (χ0) is 19.2. The lowest BCUT2D eigenvalue weighted by Crippen LogP contribution is -2.29. The summed E-state index contributed by atoms with van der Waals surface area (Å²) >= 11 is 0. The number of nitrogens with one attached hydrogen (secondary N) is 1. The second-order valence-corrected chi connectivity index (χ2v) is 6.19. The molecule has 0 aliphatic carbocycles. The lowest BCUT2D eigenvalue weighted by atomic mass is 10.1. The van der Waals surface area contributed by atoms with Crippen molar-refractivity contribution < 1.29 is 23.8 Å². The fourth-order valence-electron chi connectivity index (χ4n) is 2.83. The lowest BCUT2D eigenvalue weighted by molar-refractivity contribution is 0.0275. The van der Waals surface area contributed by atoms with Crippen LogP contribution in [0, 0.1) is 6.92 Å². The Hall–Kier alpha value is -2.83. The van der Waals surface area contributed by atoms with E-state index in [0.29, 0.717) is 11.3 Å². The molecule has 1 amide bonds. The van der Waals surface area contributed by atoms with Crippen molar-refractivity contribution in [1.29, 1.82) is 0 Å². The number of hydrogen-bond acceptors (Lipinski definition) is 5. The summed E-state index contributed by atoms with van der Waals surface area (Å²) in [6.45, 7) is 2.37. The number of benzene rings is 2. The van der Waals surface area contributed by atoms with Crippen LogP contribution < -0.4 is 10.1 Å². The summed E-state index contributed by atoms with van der Waals surface area (Å²) in [5, 5.41) is 12.7. The number of ether oxygens (including phenoxy) is 2. The molecule has 0 unspecified atom stereocenters. The molecule has 6 nitrogen and oxygen atoms in total. The number of carbonyl (C=O) groups is 1. The Morgan fingerprint density at radius 1 is 1.22 bits per heavy atom. The number of aliphatic hydroxyl groups is 1. The molecule has 2 N–H and O–H groups in total. The summed E-state index contributed by atoms with van der Waals surface area (Å²) in [5.41, 5.74) is 2.61. The van der Waals surface area contributed by atoms with Gasteiger partial charge in [0.2, 0.25) is 0 Å². The normalized spacial score (nSPS) is 12.1. The Kier molecular flexibility index (Phi) is 6.11. The van der Waals surface area contributed by atoms with Gasteiger partial charge in [0, 0.05) is 11.9 Å². The molecule has 3 rings (SSSR count). The van der Waals surface area contributed by atoms with Crippen molar-refractivity contribution in [3.63, 3.8) is 0 Å². The number of methoxy groups -OCH3 is 1. The van der Waals surface area contributed by atoms with Gasteiger partial charge in [-0.15, -0.1) is 0 Å². The van der Waals surface area contributed by atoms with Gasteiger partial charge in [-0.2, -0.15) is 0 Å². The quantitative estimate of drug-likeness (QED) is 0.637. The Labute approximate surface area is 157 Å². The Morgan fingerprint density at radius 3 is 2.70 bits per heavy atom. The molecule has 0 radical (unpaired) electrons. The summed E-state index contributed by atoms with van der Waals surface area (Å²) in [5.74, 6) is 0.452. The molecule has 142 valence electrons. The molecule has 3 aromatic rings. The first-order valence-electron chi connectivity index (χ1n) is 8.76. The van der Waals surface area contributed by atoms with E-state index in [9.17, 15) is 4.79 Å². The standard InChI is InChI=1S/C21H23NO5/c1-14-6-8-15(9-7-14)19(26-11-10-23)13-22-21(24)18-12-16-4-3-5-17(25-2)20(16)27-18/h3-9,12,19,23H,10-11,13H2,1-2H3,(H,22,24)/t19-/m1/s1. The van der Waals surface area contributed by atoms with Gasteiger partial charge in [0.1, 0.15) is 0 Å². The highest BCUT2D eigenvalue weighted by atomic mass is 16.5. The second kappa shape index (κ2) is 8.70. The first-order chi connectivity index (χ1) is 13.1. The molecule has 27 heavy (non-hydrogen) atoms. The fourth-order valence-corrected chi connectivity index (χ4v) is 2.83. The highest BCUT2D eigenvalue weighted by molar-refractivity contribution is 5.97. The van der Waals surface area contributed by atoms with Crippen LogP contribution in [0.5, 0.6) is 5.75 Å². The Morgan fingerprint density at radius 2 is 2.00 bits per heavy atom. The minimum Gasteiger partial charge on any atom is -0.493 e. The molecule has 0 saturated heterocycles. The van der Waals surface area contributed by atoms with Crippen molar-refractivity contribution in [2.24, 2.45) is 0 Å². The topological polar surface area (TPSA) is 80.9 Å². The zero-order valence-corrected chi connectivity index (χ0v) is 15.4. The number of rotatable bonds is 8. The van der Waals surface area contributed by atoms with E-state index in [0.717, 1.165) is 16.5 Å². The molecular formula is C21H23NO5. The molecule has 0 bridgehead atoms. The van der Waals surface area contributed by atoms with E-state index < -0.39 is 0 Å². The van der Waals surface area contributed by atoms with Crippen LogP contribution in [0.3, 0.4) is 0 Å². The third-order valence-corrected chi connectivity index (χ3v) is 4.26. The minimum atomic E-state index is -0.361. The van der Waals surface area contributed by atoms with Crippen molar-refractivity contribution in [2.75, 3.05) is 26.9 Å². The molecule has 1 aromatic heterocycles. The smallest absolute Gasteiger partial charge is 0.287 e. The zero-order valence-electron chi connectivity index (χ0n) is 15.4. The average molecular weight is 369 g/mol. The van der Waals surface area contributed by atoms with Crippen LogP contribution in [0.15, 0.2) is 52.9 Å². The van der Waals surface area contributed by atoms with Gasteiger partial charge in [0.05, 0.1) is 26.4 Å². The summed E-state index contributed by atoms with van der Waals surface area (Å²) in [6.07, 6.45) is -0.361. The molecule has 0 spiro atoms. The van der Waals surface area contributed by atoms with Gasteiger partial charge in [-0.05, 0) is 24.6 Å². The van der Waals surface area contributed by atoms with Crippen LogP contribution in [-0.2, 0) is 4.74 Å². The van der Waals surface area contributed by atoms with Crippen molar-refractivity contribution in [1.82, 2.24) is 5.32 Å². The van der Waals surface area contributed by atoms with E-state index in [1.54, 1.807) is 19.2 Å². The van der Waals surface area contributed by atoms with Gasteiger partial charge >= 0.3 is 0 Å². The predicted molar refractivity (Wildman–Crippen MR) is 102 cm³/mol. The molecule has 0 fully saturated rings. The molecule has 0 aliphatic rings. The van der Waals surface area contributed by atoms with Crippen LogP contribution in [-0.4, -0.2) is 37.9 Å². The maximum absolute atomic E-state index is 12.5. The predicted octanol–water partition coefficient (Wildman–Crippen LogP) is 3.23. The van der Waals surface area contributed by atoms with Crippen LogP contribution in [0.1, 0.15) is 27.8 Å². The summed E-state index contributed by atoms with van der Waals surface area (Å²) < 4.78 is 16.6. The van der Waals surface area contributed by atoms with Gasteiger partial charge in [0.15, 0.2) is 17.1 Å². The Balaban J connectivity index is 1.72. The monoisotopic (exact) mass is 369 g/mol. The van der Waals surface area contributed by atoms with Crippen LogP contribution in [0.2, 0.25) is 0 Å². The summed E-state index contributed by atoms with van der Waals surface area (Å²) in [6, 6.07) is 15.0. The van der Waals surface area contributed by atoms with Crippen molar-refractivity contribution >= 4 is 16.9 Å². The number of aliphatic hydroxyl groups excluding tert-OH is 1. The first kappa shape index (κ1) is 18.9. The molecule has 0 saturated carbocycles. The number of carbonyl (C=O) groups excluding carboxylic acids is 1. The molecule has 2 aromatic carbocycles. The number of furan rings is 1. The molecule has 1 heterocycles. The molecule has 1 atom stereocenters. The van der Waals surface area contributed by atoms with Crippen molar-refractivity contribution in [3.05, 3.63) is 65.4 Å². The van der Waals surface area contributed by atoms with E-state index in [-0.39, 0.29) is 37.5 Å². The fraction of sp³-hybridized carbons (Fsp3) is 0.286. The van der Waals surface area contributed by atoms with E-state index in [2.05, 4.69) is 5.32 Å². The minimum absolute atomic E-state index is 0.0837. The van der Waals surface area contributed by atoms with Gasteiger partial charge < -0.3 is 24.3 Å². The number of aryl methyl sites for hydroxylation is 1. The van der Waals surface area contributed by atoms with E-state index in [1.165, 1.54) is 0 Å². The van der Waals surface area contributed by atoms with Gasteiger partial charge in [0.25, 0.3) is 5.91 Å². The second-order valence-electron chi connectivity index (χ2n) is 6.19. The maximum atomic E-state index is 12.5. The van der Waals surface area contributed by atoms with Crippen molar-refractivity contribution in [2.45, 2.75) is 13.0 Å². The van der Waals surface area contributed by atoms with Crippen LogP contribution in [0.25, 0.3) is 11.0 Å².